The molecule has 2 aliphatic carbocycles. The first-order chi connectivity index (χ1) is 10.7. The molecular weight excluding hydrogens is 294 g/mol. The van der Waals surface area contributed by atoms with Crippen LogP contribution in [0.2, 0.25) is 0 Å². The summed E-state index contributed by atoms with van der Waals surface area (Å²) in [4.78, 5) is 29.0. The second-order valence-corrected chi connectivity index (χ2v) is 8.00. The molecule has 2 bridgehead atoms. The van der Waals surface area contributed by atoms with Gasteiger partial charge in [0.05, 0.1) is 18.7 Å². The van der Waals surface area contributed by atoms with Crippen molar-refractivity contribution in [2.45, 2.75) is 66.0 Å². The van der Waals surface area contributed by atoms with Gasteiger partial charge < -0.3 is 9.47 Å². The summed E-state index contributed by atoms with van der Waals surface area (Å²) in [6.07, 6.45) is 2.21. The van der Waals surface area contributed by atoms with Gasteiger partial charge in [-0.1, -0.05) is 27.7 Å². The number of ether oxygens (including phenoxy) is 2. The molecule has 1 heterocycles. The van der Waals surface area contributed by atoms with Gasteiger partial charge in [-0.3, -0.25) is 9.79 Å². The Kier molecular flexibility index (Phi) is 3.81. The lowest BCUT2D eigenvalue weighted by Crippen LogP contribution is -2.46. The molecule has 3 rings (SSSR count). The first-order valence-electron chi connectivity index (χ1n) is 8.66. The van der Waals surface area contributed by atoms with Crippen molar-refractivity contribution in [3.8, 4) is 0 Å². The largest absolute Gasteiger partial charge is 0.466 e. The predicted molar refractivity (Wildman–Crippen MR) is 86.1 cm³/mol. The molecule has 2 fully saturated rings. The Bertz CT molecular complexity index is 567. The van der Waals surface area contributed by atoms with E-state index in [4.69, 9.17) is 14.5 Å². The van der Waals surface area contributed by atoms with Crippen LogP contribution in [0, 0.1) is 22.7 Å². The molecule has 0 aromatic carbocycles. The summed E-state index contributed by atoms with van der Waals surface area (Å²) in [6, 6.07) is -0.586. The number of hydrogen-bond donors (Lipinski definition) is 0. The van der Waals surface area contributed by atoms with Crippen molar-refractivity contribution in [1.29, 1.82) is 0 Å². The quantitative estimate of drug-likeness (QED) is 0.747. The molecule has 0 aromatic rings. The molecule has 5 heteroatoms. The maximum atomic E-state index is 12.4. The lowest BCUT2D eigenvalue weighted by Gasteiger charge is -2.37. The molecule has 128 valence electrons. The first kappa shape index (κ1) is 16.5. The molecule has 0 aromatic heterocycles. The van der Waals surface area contributed by atoms with Gasteiger partial charge in [0.2, 0.25) is 0 Å². The molecule has 0 spiro atoms. The molecule has 2 saturated carbocycles. The topological polar surface area (TPSA) is 65.0 Å². The number of esters is 2. The lowest BCUT2D eigenvalue weighted by atomic mass is 9.70. The molecule has 2 unspecified atom stereocenters. The summed E-state index contributed by atoms with van der Waals surface area (Å²) >= 11 is 0. The number of fused-ring (bicyclic) bond motifs is 5. The fourth-order valence-electron chi connectivity index (χ4n) is 4.73. The SMILES string of the molecule is CCOC(=O)CC(C)[C@H]1N=C2C(OC1=O)[C@@H]1CC[C@@]2(C)C1(C)C. The smallest absolute Gasteiger partial charge is 0.331 e. The van der Waals surface area contributed by atoms with E-state index >= 15 is 0 Å². The van der Waals surface area contributed by atoms with Crippen LogP contribution in [0.1, 0.15) is 53.9 Å². The molecule has 0 N–H and O–H groups in total. The van der Waals surface area contributed by atoms with E-state index in [2.05, 4.69) is 20.8 Å². The van der Waals surface area contributed by atoms with Crippen LogP contribution in [0.5, 0.6) is 0 Å². The van der Waals surface area contributed by atoms with E-state index in [0.717, 1.165) is 18.6 Å². The summed E-state index contributed by atoms with van der Waals surface area (Å²) < 4.78 is 10.8. The van der Waals surface area contributed by atoms with Gasteiger partial charge in [0.15, 0.2) is 6.04 Å². The second kappa shape index (κ2) is 5.32. The van der Waals surface area contributed by atoms with E-state index in [1.807, 2.05) is 6.92 Å². The van der Waals surface area contributed by atoms with E-state index in [-0.39, 0.29) is 41.2 Å². The van der Waals surface area contributed by atoms with Crippen LogP contribution in [0.15, 0.2) is 4.99 Å². The van der Waals surface area contributed by atoms with Crippen molar-refractivity contribution in [3.05, 3.63) is 0 Å². The number of hydrogen-bond acceptors (Lipinski definition) is 5. The number of carbonyl (C=O) groups is 2. The monoisotopic (exact) mass is 321 g/mol. The minimum atomic E-state index is -0.586. The molecule has 23 heavy (non-hydrogen) atoms. The van der Waals surface area contributed by atoms with Gasteiger partial charge in [-0.05, 0) is 31.1 Å². The van der Waals surface area contributed by atoms with Crippen LogP contribution in [-0.4, -0.2) is 36.4 Å². The van der Waals surface area contributed by atoms with Crippen molar-refractivity contribution >= 4 is 17.7 Å². The van der Waals surface area contributed by atoms with Gasteiger partial charge in [0.25, 0.3) is 0 Å². The van der Waals surface area contributed by atoms with Gasteiger partial charge in [-0.25, -0.2) is 4.79 Å². The van der Waals surface area contributed by atoms with Crippen molar-refractivity contribution in [2.75, 3.05) is 6.61 Å². The van der Waals surface area contributed by atoms with Crippen LogP contribution in [0.3, 0.4) is 0 Å². The predicted octanol–water partition coefficient (Wildman–Crippen LogP) is 2.77. The summed E-state index contributed by atoms with van der Waals surface area (Å²) in [6.45, 7) is 10.8. The Morgan fingerprint density at radius 2 is 2.13 bits per heavy atom. The van der Waals surface area contributed by atoms with E-state index in [9.17, 15) is 9.59 Å². The van der Waals surface area contributed by atoms with Gasteiger partial charge in [0, 0.05) is 11.3 Å². The van der Waals surface area contributed by atoms with Crippen LogP contribution >= 0.6 is 0 Å². The summed E-state index contributed by atoms with van der Waals surface area (Å²) in [5, 5.41) is 0. The van der Waals surface area contributed by atoms with E-state index in [1.165, 1.54) is 0 Å². The van der Waals surface area contributed by atoms with Gasteiger partial charge in [-0.15, -0.1) is 0 Å². The third-order valence-corrected chi connectivity index (χ3v) is 6.60. The van der Waals surface area contributed by atoms with Gasteiger partial charge in [0.1, 0.15) is 6.10 Å². The van der Waals surface area contributed by atoms with Gasteiger partial charge in [-0.2, -0.15) is 0 Å². The highest BCUT2D eigenvalue weighted by Crippen LogP contribution is 2.65. The zero-order valence-electron chi connectivity index (χ0n) is 14.7. The molecular formula is C18H27NO4. The summed E-state index contributed by atoms with van der Waals surface area (Å²) in [5.74, 6) is -0.422. The normalized spacial score (nSPS) is 38.6. The van der Waals surface area contributed by atoms with Gasteiger partial charge >= 0.3 is 11.9 Å². The fourth-order valence-corrected chi connectivity index (χ4v) is 4.73. The zero-order chi connectivity index (χ0) is 17.0. The number of nitrogens with zero attached hydrogens (tertiary/aromatic N) is 1. The first-order valence-corrected chi connectivity index (χ1v) is 8.66. The third kappa shape index (κ3) is 2.23. The van der Waals surface area contributed by atoms with E-state index in [0.29, 0.717) is 12.5 Å². The van der Waals surface area contributed by atoms with Crippen molar-refractivity contribution in [1.82, 2.24) is 0 Å². The lowest BCUT2D eigenvalue weighted by molar-refractivity contribution is -0.153. The third-order valence-electron chi connectivity index (χ3n) is 6.60. The van der Waals surface area contributed by atoms with E-state index in [1.54, 1.807) is 6.92 Å². The molecule has 3 aliphatic rings. The van der Waals surface area contributed by atoms with Crippen molar-refractivity contribution < 1.29 is 19.1 Å². The zero-order valence-corrected chi connectivity index (χ0v) is 14.7. The number of rotatable bonds is 4. The fraction of sp³-hybridized carbons (Fsp3) is 0.833. The molecule has 0 radical (unpaired) electrons. The highest BCUT2D eigenvalue weighted by atomic mass is 16.5. The highest BCUT2D eigenvalue weighted by molar-refractivity contribution is 6.03. The molecule has 5 nitrogen and oxygen atoms in total. The Balaban J connectivity index is 1.86. The molecule has 0 amide bonds. The average molecular weight is 321 g/mol. The molecule has 5 atom stereocenters. The molecule has 1 aliphatic heterocycles. The maximum Gasteiger partial charge on any atom is 0.331 e. The minimum Gasteiger partial charge on any atom is -0.466 e. The maximum absolute atomic E-state index is 12.4. The Labute approximate surface area is 137 Å². The Morgan fingerprint density at radius 3 is 2.78 bits per heavy atom. The van der Waals surface area contributed by atoms with Crippen LogP contribution < -0.4 is 0 Å². The van der Waals surface area contributed by atoms with Crippen LogP contribution in [-0.2, 0) is 19.1 Å². The number of aliphatic imine (C=N–C) groups is 1. The minimum absolute atomic E-state index is 0.00900. The van der Waals surface area contributed by atoms with Crippen LogP contribution in [0.25, 0.3) is 0 Å². The second-order valence-electron chi connectivity index (χ2n) is 8.00. The summed E-state index contributed by atoms with van der Waals surface area (Å²) in [7, 11) is 0. The standard InChI is InChI=1S/C18H27NO4/c1-6-22-12(20)9-10(2)13-16(21)23-14-11-7-8-18(5,15(14)19-13)17(11,3)4/h10-11,13-14H,6-9H2,1-5H3/t10?,11-,13+,14?,18+/m0/s1. The van der Waals surface area contributed by atoms with Crippen LogP contribution in [0.4, 0.5) is 0 Å². The Morgan fingerprint density at radius 1 is 1.43 bits per heavy atom. The van der Waals surface area contributed by atoms with E-state index < -0.39 is 6.04 Å². The molecule has 0 saturated heterocycles. The summed E-state index contributed by atoms with van der Waals surface area (Å²) in [5.41, 5.74) is 1.13. The highest BCUT2D eigenvalue weighted by Gasteiger charge is 2.67. The van der Waals surface area contributed by atoms with Crippen molar-refractivity contribution in [2.24, 2.45) is 27.7 Å². The van der Waals surface area contributed by atoms with Crippen molar-refractivity contribution in [3.63, 3.8) is 0 Å². The average Bonchev–Trinajstić information content (AvgIpc) is 2.77. The number of carbonyl (C=O) groups excluding carboxylic acids is 2. The Hall–Kier alpha value is -1.39.